The van der Waals surface area contributed by atoms with Gasteiger partial charge >= 0.3 is 0 Å². The zero-order chi connectivity index (χ0) is 44.3. The van der Waals surface area contributed by atoms with Crippen molar-refractivity contribution in [2.45, 2.75) is 5.41 Å². The molecule has 0 fully saturated rings. The van der Waals surface area contributed by atoms with Gasteiger partial charge in [0.25, 0.3) is 0 Å². The number of anilines is 3. The minimum atomic E-state index is -0.569. The summed E-state index contributed by atoms with van der Waals surface area (Å²) in [6.07, 6.45) is 0. The third-order valence-corrected chi connectivity index (χ3v) is 14.1. The molecule has 0 saturated heterocycles. The molecule has 0 saturated carbocycles. The van der Waals surface area contributed by atoms with E-state index >= 15 is 0 Å². The molecule has 2 heteroatoms. The van der Waals surface area contributed by atoms with Crippen molar-refractivity contribution in [1.29, 1.82) is 0 Å². The molecule has 0 amide bonds. The molecular formula is C65H44N2. The third kappa shape index (κ3) is 5.90. The van der Waals surface area contributed by atoms with Gasteiger partial charge < -0.3 is 9.47 Å². The summed E-state index contributed by atoms with van der Waals surface area (Å²) in [5.74, 6) is 0. The molecule has 67 heavy (non-hydrogen) atoms. The second-order valence-electron chi connectivity index (χ2n) is 17.5. The smallest absolute Gasteiger partial charge is 0.0782 e. The van der Waals surface area contributed by atoms with Gasteiger partial charge in [0.2, 0.25) is 0 Å². The highest BCUT2D eigenvalue weighted by Crippen LogP contribution is 2.60. The summed E-state index contributed by atoms with van der Waals surface area (Å²) in [6, 6.07) is 98.3. The van der Waals surface area contributed by atoms with E-state index in [-0.39, 0.29) is 0 Å². The van der Waals surface area contributed by atoms with Crippen LogP contribution < -0.4 is 4.90 Å². The monoisotopic (exact) mass is 852 g/mol. The maximum Gasteiger partial charge on any atom is 0.0782 e. The predicted molar refractivity (Wildman–Crippen MR) is 281 cm³/mol. The molecule has 1 aliphatic rings. The topological polar surface area (TPSA) is 8.17 Å². The molecule has 314 valence electrons. The zero-order valence-corrected chi connectivity index (χ0v) is 36.8. The van der Waals surface area contributed by atoms with Crippen LogP contribution in [-0.2, 0) is 5.41 Å². The van der Waals surface area contributed by atoms with Gasteiger partial charge in [-0.15, -0.1) is 0 Å². The number of fused-ring (bicyclic) bond motifs is 7. The number of hydrogen-bond acceptors (Lipinski definition) is 1. The van der Waals surface area contributed by atoms with E-state index in [9.17, 15) is 0 Å². The van der Waals surface area contributed by atoms with Gasteiger partial charge in [0.15, 0.2) is 0 Å². The highest BCUT2D eigenvalue weighted by Gasteiger charge is 2.47. The van der Waals surface area contributed by atoms with Crippen molar-refractivity contribution in [3.63, 3.8) is 0 Å². The lowest BCUT2D eigenvalue weighted by atomic mass is 9.68. The van der Waals surface area contributed by atoms with Gasteiger partial charge in [-0.2, -0.15) is 0 Å². The molecule has 0 unspecified atom stereocenters. The molecule has 11 aromatic carbocycles. The van der Waals surface area contributed by atoms with Gasteiger partial charge in [-0.3, -0.25) is 0 Å². The molecule has 1 heterocycles. The summed E-state index contributed by atoms with van der Waals surface area (Å²) < 4.78 is 2.47. The SMILES string of the molecule is c1ccc(-c2cccc3cccc(-c4ccccc4N(c4cccc5c4-c4ccccc4C5(c4ccccc4)c4ccccc4)c4cccc5c6ccccc6n(-c6ccccc6)c45)c23)cc1. The highest BCUT2D eigenvalue weighted by molar-refractivity contribution is 6.16. The molecule has 1 aliphatic carbocycles. The Morgan fingerprint density at radius 2 is 0.836 bits per heavy atom. The Kier molecular flexibility index (Phi) is 9.11. The van der Waals surface area contributed by atoms with Crippen molar-refractivity contribution in [1.82, 2.24) is 4.57 Å². The van der Waals surface area contributed by atoms with E-state index in [1.54, 1.807) is 0 Å². The molecule has 0 bridgehead atoms. The molecule has 1 aromatic heterocycles. The summed E-state index contributed by atoms with van der Waals surface area (Å²) in [6.45, 7) is 0. The largest absolute Gasteiger partial charge is 0.307 e. The molecule has 0 atom stereocenters. The maximum atomic E-state index is 2.58. The van der Waals surface area contributed by atoms with E-state index in [0.717, 1.165) is 33.8 Å². The lowest BCUT2D eigenvalue weighted by Gasteiger charge is -2.35. The van der Waals surface area contributed by atoms with Crippen LogP contribution in [-0.4, -0.2) is 4.57 Å². The van der Waals surface area contributed by atoms with Gasteiger partial charge in [-0.25, -0.2) is 0 Å². The van der Waals surface area contributed by atoms with E-state index < -0.39 is 5.41 Å². The van der Waals surface area contributed by atoms with E-state index in [2.05, 4.69) is 276 Å². The second-order valence-corrected chi connectivity index (χ2v) is 17.5. The first kappa shape index (κ1) is 38.7. The zero-order valence-electron chi connectivity index (χ0n) is 36.8. The lowest BCUT2D eigenvalue weighted by Crippen LogP contribution is -2.28. The Hall–Kier alpha value is -8.72. The van der Waals surface area contributed by atoms with Crippen LogP contribution in [0.5, 0.6) is 0 Å². The third-order valence-electron chi connectivity index (χ3n) is 14.1. The fourth-order valence-corrected chi connectivity index (χ4v) is 11.4. The maximum absolute atomic E-state index is 2.58. The first-order valence-corrected chi connectivity index (χ1v) is 23.2. The highest BCUT2D eigenvalue weighted by atomic mass is 15.2. The number of hydrogen-bond donors (Lipinski definition) is 0. The Morgan fingerprint density at radius 3 is 1.58 bits per heavy atom. The van der Waals surface area contributed by atoms with Crippen molar-refractivity contribution in [3.8, 4) is 39.1 Å². The van der Waals surface area contributed by atoms with E-state index in [1.807, 2.05) is 0 Å². The van der Waals surface area contributed by atoms with Gasteiger partial charge in [-0.05, 0) is 91.7 Å². The molecule has 0 aliphatic heterocycles. The fourth-order valence-electron chi connectivity index (χ4n) is 11.4. The Bertz CT molecular complexity index is 3750. The van der Waals surface area contributed by atoms with Crippen LogP contribution in [0, 0.1) is 0 Å². The van der Waals surface area contributed by atoms with Gasteiger partial charge in [0.05, 0.1) is 33.5 Å². The number of aromatic nitrogens is 1. The number of nitrogens with zero attached hydrogens (tertiary/aromatic N) is 2. The minimum Gasteiger partial charge on any atom is -0.307 e. The summed E-state index contributed by atoms with van der Waals surface area (Å²) in [4.78, 5) is 2.58. The molecule has 13 rings (SSSR count). The summed E-state index contributed by atoms with van der Waals surface area (Å²) in [5.41, 5.74) is 18.4. The van der Waals surface area contributed by atoms with Crippen LogP contribution in [0.15, 0.2) is 267 Å². The second kappa shape index (κ2) is 15.8. The normalized spacial score (nSPS) is 12.6. The Labute approximate surface area is 390 Å². The molecule has 0 spiro atoms. The quantitative estimate of drug-likeness (QED) is 0.148. The average molecular weight is 853 g/mol. The van der Waals surface area contributed by atoms with Crippen LogP contribution in [0.3, 0.4) is 0 Å². The number of benzene rings is 11. The van der Waals surface area contributed by atoms with E-state index in [4.69, 9.17) is 0 Å². The predicted octanol–water partition coefficient (Wildman–Crippen LogP) is 17.1. The standard InChI is InChI=1S/C65H44N2/c1-5-23-45(24-6-1)50-36-19-25-46-26-20-37-53(62(46)50)51-33-14-18-42-59(51)67(61-44-21-38-54-52-34-15-17-41-58(52)66(64(54)61)49-31-11-4-12-32-49)60-43-22-40-57-63(60)55-35-13-16-39-56(55)65(57,47-27-7-2-8-28-47)48-29-9-3-10-30-48/h1-44H. The summed E-state index contributed by atoms with van der Waals surface area (Å²) in [7, 11) is 0. The molecule has 12 aromatic rings. The van der Waals surface area contributed by atoms with Crippen LogP contribution in [0.25, 0.3) is 71.6 Å². The fraction of sp³-hybridized carbons (Fsp3) is 0.0154. The van der Waals surface area contributed by atoms with Crippen LogP contribution >= 0.6 is 0 Å². The Morgan fingerprint density at radius 1 is 0.328 bits per heavy atom. The first-order valence-electron chi connectivity index (χ1n) is 23.2. The first-order chi connectivity index (χ1) is 33.3. The van der Waals surface area contributed by atoms with Crippen molar-refractivity contribution in [2.75, 3.05) is 4.90 Å². The molecular weight excluding hydrogens is 809 g/mol. The lowest BCUT2D eigenvalue weighted by molar-refractivity contribution is 0.768. The van der Waals surface area contributed by atoms with Gasteiger partial charge in [0, 0.05) is 27.6 Å². The number of para-hydroxylation sites is 4. The summed E-state index contributed by atoms with van der Waals surface area (Å²) in [5, 5.41) is 4.85. The number of rotatable bonds is 8. The molecule has 2 nitrogen and oxygen atoms in total. The minimum absolute atomic E-state index is 0.569. The van der Waals surface area contributed by atoms with E-state index in [1.165, 1.54) is 77.1 Å². The van der Waals surface area contributed by atoms with Crippen LogP contribution in [0.1, 0.15) is 22.3 Å². The molecule has 0 N–H and O–H groups in total. The van der Waals surface area contributed by atoms with Crippen LogP contribution in [0.2, 0.25) is 0 Å². The average Bonchev–Trinajstić information content (AvgIpc) is 3.91. The van der Waals surface area contributed by atoms with Crippen molar-refractivity contribution in [3.05, 3.63) is 289 Å². The van der Waals surface area contributed by atoms with Crippen LogP contribution in [0.4, 0.5) is 17.1 Å². The van der Waals surface area contributed by atoms with Crippen molar-refractivity contribution in [2.24, 2.45) is 0 Å². The Balaban J connectivity index is 1.19. The van der Waals surface area contributed by atoms with Gasteiger partial charge in [-0.1, -0.05) is 231 Å². The van der Waals surface area contributed by atoms with Crippen molar-refractivity contribution >= 4 is 49.6 Å². The summed E-state index contributed by atoms with van der Waals surface area (Å²) >= 11 is 0. The molecule has 0 radical (unpaired) electrons. The van der Waals surface area contributed by atoms with E-state index in [0.29, 0.717) is 0 Å². The van der Waals surface area contributed by atoms with Crippen molar-refractivity contribution < 1.29 is 0 Å². The van der Waals surface area contributed by atoms with Gasteiger partial charge in [0.1, 0.15) is 0 Å².